The summed E-state index contributed by atoms with van der Waals surface area (Å²) in [5.41, 5.74) is 3.35. The lowest BCUT2D eigenvalue weighted by molar-refractivity contribution is 0.146. The number of hydrogen-bond donors (Lipinski definition) is 3. The molecule has 5 nitrogen and oxygen atoms in total. The molecule has 1 aromatic carbocycles. The normalized spacial score (nSPS) is 13.1. The fourth-order valence-corrected chi connectivity index (χ4v) is 1.70. The predicted molar refractivity (Wildman–Crippen MR) is 78.7 cm³/mol. The van der Waals surface area contributed by atoms with Crippen molar-refractivity contribution in [3.8, 4) is 0 Å². The minimum absolute atomic E-state index is 0.0904. The van der Waals surface area contributed by atoms with Crippen molar-refractivity contribution in [2.45, 2.75) is 26.3 Å². The zero-order chi connectivity index (χ0) is 14.8. The molecule has 0 aromatic heterocycles. The molecule has 0 amide bonds. The van der Waals surface area contributed by atoms with E-state index in [1.807, 2.05) is 19.9 Å². The Hall–Kier alpha value is -1.66. The van der Waals surface area contributed by atoms with Crippen LogP contribution in [0.2, 0.25) is 0 Å². The second-order valence-electron chi connectivity index (χ2n) is 4.35. The molecule has 0 heterocycles. The molecule has 0 aliphatic rings. The average molecular weight is 282 g/mol. The highest BCUT2D eigenvalue weighted by Crippen LogP contribution is 2.12. The quantitative estimate of drug-likeness (QED) is 0.234. The fourth-order valence-electron chi connectivity index (χ4n) is 1.70. The van der Waals surface area contributed by atoms with Crippen molar-refractivity contribution < 1.29 is 9.13 Å². The summed E-state index contributed by atoms with van der Waals surface area (Å²) in [4.78, 5) is 4.30. The molecule has 0 bridgehead atoms. The van der Waals surface area contributed by atoms with Gasteiger partial charge >= 0.3 is 0 Å². The van der Waals surface area contributed by atoms with Gasteiger partial charge in [-0.15, -0.1) is 0 Å². The molecular formula is C14H23FN4O. The highest BCUT2D eigenvalue weighted by atomic mass is 19.1. The summed E-state index contributed by atoms with van der Waals surface area (Å²) in [6.45, 7) is 5.88. The molecule has 1 atom stereocenters. The third-order valence-electron chi connectivity index (χ3n) is 2.76. The highest BCUT2D eigenvalue weighted by Gasteiger charge is 2.07. The summed E-state index contributed by atoms with van der Waals surface area (Å²) in [6.07, 6.45) is 0.828. The van der Waals surface area contributed by atoms with Crippen molar-refractivity contribution in [1.29, 1.82) is 0 Å². The van der Waals surface area contributed by atoms with E-state index in [2.05, 4.69) is 15.7 Å². The van der Waals surface area contributed by atoms with Crippen LogP contribution in [0.3, 0.4) is 0 Å². The van der Waals surface area contributed by atoms with Crippen LogP contribution in [0.25, 0.3) is 0 Å². The third-order valence-corrected chi connectivity index (χ3v) is 2.76. The van der Waals surface area contributed by atoms with Crippen LogP contribution in [-0.2, 0) is 4.74 Å². The van der Waals surface area contributed by atoms with Crippen LogP contribution in [0, 0.1) is 5.82 Å². The van der Waals surface area contributed by atoms with Gasteiger partial charge in [0.1, 0.15) is 5.82 Å². The standard InChI is InChI=1S/C14H23FN4O/c1-3-20-9-5-8-17-14(19-16)18-11(2)12-6-4-7-13(15)10-12/h4,6-7,10-11H,3,5,8-9,16H2,1-2H3,(H2,17,18,19). The van der Waals surface area contributed by atoms with Gasteiger partial charge in [0, 0.05) is 19.8 Å². The number of guanidine groups is 1. The van der Waals surface area contributed by atoms with E-state index in [0.717, 1.165) is 12.0 Å². The summed E-state index contributed by atoms with van der Waals surface area (Å²) in [5, 5.41) is 3.11. The Morgan fingerprint density at radius 1 is 1.50 bits per heavy atom. The first kappa shape index (κ1) is 16.4. The molecule has 1 aromatic rings. The first-order valence-corrected chi connectivity index (χ1v) is 6.78. The molecule has 20 heavy (non-hydrogen) atoms. The highest BCUT2D eigenvalue weighted by molar-refractivity contribution is 5.79. The van der Waals surface area contributed by atoms with Crippen LogP contribution in [0.15, 0.2) is 29.3 Å². The predicted octanol–water partition coefficient (Wildman–Crippen LogP) is 1.72. The molecule has 6 heteroatoms. The number of aliphatic imine (C=N–C) groups is 1. The third kappa shape index (κ3) is 5.99. The summed E-state index contributed by atoms with van der Waals surface area (Å²) in [6, 6.07) is 6.34. The van der Waals surface area contributed by atoms with Crippen molar-refractivity contribution in [1.82, 2.24) is 10.7 Å². The molecule has 0 spiro atoms. The number of nitrogens with one attached hydrogen (secondary N) is 2. The monoisotopic (exact) mass is 282 g/mol. The largest absolute Gasteiger partial charge is 0.382 e. The Balaban J connectivity index is 2.48. The van der Waals surface area contributed by atoms with E-state index in [1.54, 1.807) is 6.07 Å². The average Bonchev–Trinajstić information content (AvgIpc) is 2.45. The van der Waals surface area contributed by atoms with Crippen LogP contribution in [-0.4, -0.2) is 25.7 Å². The Morgan fingerprint density at radius 2 is 2.30 bits per heavy atom. The molecule has 1 unspecified atom stereocenters. The van der Waals surface area contributed by atoms with Crippen molar-refractivity contribution in [2.24, 2.45) is 10.8 Å². The number of hydrazine groups is 1. The van der Waals surface area contributed by atoms with Crippen LogP contribution < -0.4 is 16.6 Å². The summed E-state index contributed by atoms with van der Waals surface area (Å²) in [7, 11) is 0. The molecule has 1 rings (SSSR count). The van der Waals surface area contributed by atoms with Crippen LogP contribution >= 0.6 is 0 Å². The van der Waals surface area contributed by atoms with E-state index in [1.165, 1.54) is 12.1 Å². The summed E-state index contributed by atoms with van der Waals surface area (Å²) in [5.74, 6) is 5.65. The molecular weight excluding hydrogens is 259 g/mol. The molecule has 0 radical (unpaired) electrons. The SMILES string of the molecule is CCOCCCN=C(NN)NC(C)c1cccc(F)c1. The van der Waals surface area contributed by atoms with E-state index < -0.39 is 0 Å². The van der Waals surface area contributed by atoms with Gasteiger partial charge in [-0.05, 0) is 38.0 Å². The Labute approximate surface area is 119 Å². The van der Waals surface area contributed by atoms with Crippen LogP contribution in [0.5, 0.6) is 0 Å². The van der Waals surface area contributed by atoms with Gasteiger partial charge in [-0.25, -0.2) is 10.2 Å². The lowest BCUT2D eigenvalue weighted by atomic mass is 10.1. The van der Waals surface area contributed by atoms with Crippen molar-refractivity contribution in [3.63, 3.8) is 0 Å². The number of rotatable bonds is 7. The summed E-state index contributed by atoms with van der Waals surface area (Å²) < 4.78 is 18.4. The molecule has 4 N–H and O–H groups in total. The Kier molecular flexibility index (Phi) is 7.60. The van der Waals surface area contributed by atoms with Gasteiger partial charge in [-0.1, -0.05) is 12.1 Å². The van der Waals surface area contributed by atoms with Gasteiger partial charge in [-0.2, -0.15) is 0 Å². The number of ether oxygens (including phenoxy) is 1. The van der Waals surface area contributed by atoms with E-state index in [-0.39, 0.29) is 11.9 Å². The topological polar surface area (TPSA) is 71.7 Å². The molecule has 0 fully saturated rings. The molecule has 0 aliphatic heterocycles. The zero-order valence-corrected chi connectivity index (χ0v) is 12.0. The maximum atomic E-state index is 13.2. The van der Waals surface area contributed by atoms with Crippen LogP contribution in [0.1, 0.15) is 31.9 Å². The second-order valence-corrected chi connectivity index (χ2v) is 4.35. The number of benzene rings is 1. The Bertz CT molecular complexity index is 425. The number of halogens is 1. The molecule has 0 saturated carbocycles. The number of nitrogens with two attached hydrogens (primary N) is 1. The van der Waals surface area contributed by atoms with Gasteiger partial charge in [-0.3, -0.25) is 10.4 Å². The van der Waals surface area contributed by atoms with E-state index in [9.17, 15) is 4.39 Å². The Morgan fingerprint density at radius 3 is 2.95 bits per heavy atom. The van der Waals surface area contributed by atoms with Crippen LogP contribution in [0.4, 0.5) is 4.39 Å². The first-order valence-electron chi connectivity index (χ1n) is 6.78. The fraction of sp³-hybridized carbons (Fsp3) is 0.500. The number of nitrogens with zero attached hydrogens (tertiary/aromatic N) is 1. The van der Waals surface area contributed by atoms with Crippen molar-refractivity contribution >= 4 is 5.96 Å². The molecule has 0 aliphatic carbocycles. The molecule has 112 valence electrons. The van der Waals surface area contributed by atoms with Gasteiger partial charge in [0.15, 0.2) is 0 Å². The first-order chi connectivity index (χ1) is 9.67. The lowest BCUT2D eigenvalue weighted by Gasteiger charge is -2.17. The van der Waals surface area contributed by atoms with Crippen molar-refractivity contribution in [3.05, 3.63) is 35.6 Å². The maximum absolute atomic E-state index is 13.2. The van der Waals surface area contributed by atoms with Gasteiger partial charge in [0.2, 0.25) is 5.96 Å². The van der Waals surface area contributed by atoms with E-state index in [0.29, 0.717) is 25.7 Å². The summed E-state index contributed by atoms with van der Waals surface area (Å²) >= 11 is 0. The molecule has 0 saturated heterocycles. The maximum Gasteiger partial charge on any atom is 0.206 e. The zero-order valence-electron chi connectivity index (χ0n) is 12.0. The van der Waals surface area contributed by atoms with Gasteiger partial charge < -0.3 is 10.1 Å². The van der Waals surface area contributed by atoms with E-state index >= 15 is 0 Å². The second kappa shape index (κ2) is 9.28. The van der Waals surface area contributed by atoms with E-state index in [4.69, 9.17) is 10.6 Å². The smallest absolute Gasteiger partial charge is 0.206 e. The van der Waals surface area contributed by atoms with Crippen molar-refractivity contribution in [2.75, 3.05) is 19.8 Å². The minimum Gasteiger partial charge on any atom is -0.382 e. The minimum atomic E-state index is -0.257. The van der Waals surface area contributed by atoms with Gasteiger partial charge in [0.05, 0.1) is 6.04 Å². The number of hydrogen-bond acceptors (Lipinski definition) is 3. The lowest BCUT2D eigenvalue weighted by Crippen LogP contribution is -2.42. The van der Waals surface area contributed by atoms with Gasteiger partial charge in [0.25, 0.3) is 0 Å².